The van der Waals surface area contributed by atoms with E-state index < -0.39 is 16.1 Å². The lowest BCUT2D eigenvalue weighted by atomic mass is 9.95. The first-order valence-corrected chi connectivity index (χ1v) is 11.3. The van der Waals surface area contributed by atoms with Crippen LogP contribution in [0.2, 0.25) is 0 Å². The third-order valence-electron chi connectivity index (χ3n) is 5.11. The van der Waals surface area contributed by atoms with E-state index in [1.807, 2.05) is 6.92 Å². The van der Waals surface area contributed by atoms with Crippen molar-refractivity contribution in [1.29, 1.82) is 0 Å². The number of amides is 2. The van der Waals surface area contributed by atoms with Gasteiger partial charge in [-0.3, -0.25) is 9.59 Å². The molecule has 0 radical (unpaired) electrons. The molecular formula is C17H33ClN4O4S. The SMILES string of the molecule is CCCS(=O)(=O)N1CCCCC1C(=O)N1CCCC(C(=O)NCCN)C1.Cl. The van der Waals surface area contributed by atoms with Gasteiger partial charge in [-0.15, -0.1) is 12.4 Å². The molecule has 27 heavy (non-hydrogen) atoms. The summed E-state index contributed by atoms with van der Waals surface area (Å²) in [5.41, 5.74) is 5.42. The van der Waals surface area contributed by atoms with Crippen molar-refractivity contribution in [2.75, 3.05) is 38.5 Å². The monoisotopic (exact) mass is 424 g/mol. The van der Waals surface area contributed by atoms with Gasteiger partial charge in [-0.05, 0) is 32.1 Å². The fourth-order valence-electron chi connectivity index (χ4n) is 3.80. The molecule has 2 heterocycles. The van der Waals surface area contributed by atoms with Crippen molar-refractivity contribution in [2.24, 2.45) is 11.7 Å². The first-order valence-electron chi connectivity index (χ1n) is 9.66. The third-order valence-corrected chi connectivity index (χ3v) is 7.18. The first-order chi connectivity index (χ1) is 12.4. The van der Waals surface area contributed by atoms with Crippen LogP contribution in [0.5, 0.6) is 0 Å². The van der Waals surface area contributed by atoms with Crippen LogP contribution in [-0.4, -0.2) is 74.0 Å². The molecule has 8 nitrogen and oxygen atoms in total. The molecule has 3 N–H and O–H groups in total. The van der Waals surface area contributed by atoms with Crippen molar-refractivity contribution in [3.8, 4) is 0 Å². The van der Waals surface area contributed by atoms with Crippen LogP contribution < -0.4 is 11.1 Å². The number of rotatable bonds is 7. The second kappa shape index (κ2) is 11.2. The maximum atomic E-state index is 13.1. The highest BCUT2D eigenvalue weighted by atomic mass is 35.5. The van der Waals surface area contributed by atoms with Crippen LogP contribution in [0.15, 0.2) is 0 Å². The molecule has 2 unspecified atom stereocenters. The van der Waals surface area contributed by atoms with E-state index in [0.29, 0.717) is 45.6 Å². The molecule has 2 saturated heterocycles. The molecule has 2 rings (SSSR count). The number of nitrogens with one attached hydrogen (secondary N) is 1. The molecular weight excluding hydrogens is 392 g/mol. The average molecular weight is 425 g/mol. The summed E-state index contributed by atoms with van der Waals surface area (Å²) in [7, 11) is -3.42. The normalized spacial score (nSPS) is 24.1. The number of sulfonamides is 1. The number of carbonyl (C=O) groups is 2. The van der Waals surface area contributed by atoms with E-state index in [1.165, 1.54) is 4.31 Å². The van der Waals surface area contributed by atoms with Crippen molar-refractivity contribution in [3.05, 3.63) is 0 Å². The molecule has 2 aliphatic rings. The zero-order valence-corrected chi connectivity index (χ0v) is 17.7. The Kier molecular flexibility index (Phi) is 10.0. The minimum Gasteiger partial charge on any atom is -0.355 e. The Morgan fingerprint density at radius 1 is 1.15 bits per heavy atom. The van der Waals surface area contributed by atoms with Crippen molar-refractivity contribution < 1.29 is 18.0 Å². The Morgan fingerprint density at radius 2 is 1.89 bits per heavy atom. The number of halogens is 1. The summed E-state index contributed by atoms with van der Waals surface area (Å²) in [6, 6.07) is -0.619. The summed E-state index contributed by atoms with van der Waals surface area (Å²) >= 11 is 0. The van der Waals surface area contributed by atoms with E-state index in [9.17, 15) is 18.0 Å². The van der Waals surface area contributed by atoms with E-state index in [0.717, 1.165) is 25.7 Å². The van der Waals surface area contributed by atoms with Crippen molar-refractivity contribution >= 4 is 34.2 Å². The average Bonchev–Trinajstić information content (AvgIpc) is 2.65. The number of nitrogens with zero attached hydrogens (tertiary/aromatic N) is 2. The zero-order valence-electron chi connectivity index (χ0n) is 16.1. The van der Waals surface area contributed by atoms with Crippen LogP contribution in [0, 0.1) is 5.92 Å². The van der Waals surface area contributed by atoms with Gasteiger partial charge in [0.2, 0.25) is 21.8 Å². The van der Waals surface area contributed by atoms with Crippen LogP contribution in [-0.2, 0) is 19.6 Å². The lowest BCUT2D eigenvalue weighted by Gasteiger charge is -2.39. The molecule has 0 bridgehead atoms. The summed E-state index contributed by atoms with van der Waals surface area (Å²) in [6.07, 6.45) is 4.22. The molecule has 0 spiro atoms. The summed E-state index contributed by atoms with van der Waals surface area (Å²) in [6.45, 7) is 3.98. The predicted molar refractivity (Wildman–Crippen MR) is 107 cm³/mol. The van der Waals surface area contributed by atoms with E-state index in [2.05, 4.69) is 5.32 Å². The quantitative estimate of drug-likeness (QED) is 0.610. The molecule has 158 valence electrons. The highest BCUT2D eigenvalue weighted by molar-refractivity contribution is 7.89. The smallest absolute Gasteiger partial charge is 0.241 e. The van der Waals surface area contributed by atoms with E-state index in [4.69, 9.17) is 5.73 Å². The molecule has 0 aromatic rings. The molecule has 0 saturated carbocycles. The van der Waals surface area contributed by atoms with Crippen LogP contribution in [0.4, 0.5) is 0 Å². The Labute approximate surface area is 168 Å². The van der Waals surface area contributed by atoms with Gasteiger partial charge < -0.3 is 16.0 Å². The molecule has 2 atom stereocenters. The van der Waals surface area contributed by atoms with Gasteiger partial charge in [-0.1, -0.05) is 13.3 Å². The fourth-order valence-corrected chi connectivity index (χ4v) is 5.54. The first kappa shape index (κ1) is 24.1. The molecule has 10 heteroatoms. The number of nitrogens with two attached hydrogens (primary N) is 1. The molecule has 2 amide bonds. The predicted octanol–water partition coefficient (Wildman–Crippen LogP) is 0.316. The Hall–Kier alpha value is -0.900. The second-order valence-corrected chi connectivity index (χ2v) is 9.18. The molecule has 0 aliphatic carbocycles. The maximum absolute atomic E-state index is 13.1. The highest BCUT2D eigenvalue weighted by Crippen LogP contribution is 2.25. The van der Waals surface area contributed by atoms with Crippen LogP contribution >= 0.6 is 12.4 Å². The summed E-state index contributed by atoms with van der Waals surface area (Å²) < 4.78 is 26.5. The van der Waals surface area contributed by atoms with Crippen LogP contribution in [0.1, 0.15) is 45.4 Å². The maximum Gasteiger partial charge on any atom is 0.241 e. The summed E-state index contributed by atoms with van der Waals surface area (Å²) in [5, 5.41) is 2.78. The zero-order chi connectivity index (χ0) is 19.2. The minimum absolute atomic E-state index is 0. The molecule has 2 fully saturated rings. The van der Waals surface area contributed by atoms with Gasteiger partial charge in [0.05, 0.1) is 11.7 Å². The molecule has 0 aromatic carbocycles. The van der Waals surface area contributed by atoms with Crippen molar-refractivity contribution in [3.63, 3.8) is 0 Å². The Balaban J connectivity index is 0.00000364. The number of hydrogen-bond donors (Lipinski definition) is 2. The largest absolute Gasteiger partial charge is 0.355 e. The fraction of sp³-hybridized carbons (Fsp3) is 0.882. The van der Waals surface area contributed by atoms with E-state index in [-0.39, 0.29) is 35.9 Å². The number of likely N-dealkylation sites (tertiary alicyclic amines) is 1. The number of hydrogen-bond acceptors (Lipinski definition) is 5. The Bertz CT molecular complexity index is 602. The van der Waals surface area contributed by atoms with Crippen molar-refractivity contribution in [1.82, 2.24) is 14.5 Å². The van der Waals surface area contributed by atoms with Crippen LogP contribution in [0.3, 0.4) is 0 Å². The van der Waals surface area contributed by atoms with Gasteiger partial charge in [0.1, 0.15) is 6.04 Å². The molecule has 0 aromatic heterocycles. The van der Waals surface area contributed by atoms with Crippen molar-refractivity contribution in [2.45, 2.75) is 51.5 Å². The Morgan fingerprint density at radius 3 is 2.56 bits per heavy atom. The second-order valence-electron chi connectivity index (χ2n) is 7.14. The van der Waals surface area contributed by atoms with Gasteiger partial charge in [0.15, 0.2) is 0 Å². The topological polar surface area (TPSA) is 113 Å². The van der Waals surface area contributed by atoms with E-state index in [1.54, 1.807) is 4.90 Å². The number of carbonyl (C=O) groups excluding carboxylic acids is 2. The third kappa shape index (κ3) is 6.30. The van der Waals surface area contributed by atoms with Crippen LogP contribution in [0.25, 0.3) is 0 Å². The lowest BCUT2D eigenvalue weighted by molar-refractivity contribution is -0.139. The summed E-state index contributed by atoms with van der Waals surface area (Å²) in [5.74, 6) is -0.405. The highest BCUT2D eigenvalue weighted by Gasteiger charge is 2.39. The van der Waals surface area contributed by atoms with Gasteiger partial charge >= 0.3 is 0 Å². The minimum atomic E-state index is -3.42. The lowest BCUT2D eigenvalue weighted by Crippen LogP contribution is -2.56. The van der Waals surface area contributed by atoms with Gasteiger partial charge in [-0.25, -0.2) is 8.42 Å². The van der Waals surface area contributed by atoms with E-state index >= 15 is 0 Å². The van der Waals surface area contributed by atoms with Gasteiger partial charge in [0, 0.05) is 32.7 Å². The standard InChI is InChI=1S/C17H32N4O4S.ClH/c1-2-12-26(24,25)21-11-4-3-7-15(21)17(23)20-10-5-6-14(13-20)16(22)19-9-8-18;/h14-15H,2-13,18H2,1H3,(H,19,22);1H. The molecule has 2 aliphatic heterocycles. The summed E-state index contributed by atoms with van der Waals surface area (Å²) in [4.78, 5) is 26.9. The van der Waals surface area contributed by atoms with Gasteiger partial charge in [0.25, 0.3) is 0 Å². The van der Waals surface area contributed by atoms with Gasteiger partial charge in [-0.2, -0.15) is 4.31 Å². The number of piperidine rings is 2.